The minimum Gasteiger partial charge on any atom is -0.503 e. The molecule has 0 radical (unpaired) electrons. The van der Waals surface area contributed by atoms with E-state index in [1.807, 2.05) is 0 Å². The Balaban J connectivity index is 1.45. The van der Waals surface area contributed by atoms with Gasteiger partial charge in [-0.2, -0.15) is 0 Å². The highest BCUT2D eigenvalue weighted by Crippen LogP contribution is 2.45. The van der Waals surface area contributed by atoms with E-state index in [1.165, 1.54) is 10.8 Å². The van der Waals surface area contributed by atoms with Gasteiger partial charge < -0.3 is 19.9 Å². The Bertz CT molecular complexity index is 1130. The summed E-state index contributed by atoms with van der Waals surface area (Å²) in [7, 11) is 0. The van der Waals surface area contributed by atoms with Gasteiger partial charge in [0, 0.05) is 31.9 Å². The van der Waals surface area contributed by atoms with E-state index < -0.39 is 58.8 Å². The number of hydrogen-bond donors (Lipinski definition) is 2. The van der Waals surface area contributed by atoms with Crippen molar-refractivity contribution in [3.63, 3.8) is 0 Å². The number of allylic oxidation sites excluding steroid dienone is 3. The number of carbonyl (C=O) groups is 2. The Labute approximate surface area is 181 Å². The van der Waals surface area contributed by atoms with Gasteiger partial charge in [0.15, 0.2) is 11.4 Å². The third kappa shape index (κ3) is 3.23. The summed E-state index contributed by atoms with van der Waals surface area (Å²) in [6, 6.07) is -0.171. The maximum absolute atomic E-state index is 14.0. The minimum absolute atomic E-state index is 0.124. The number of amides is 2. The summed E-state index contributed by atoms with van der Waals surface area (Å²) in [6.07, 6.45) is 3.34. The van der Waals surface area contributed by atoms with E-state index in [4.69, 9.17) is 0 Å². The first kappa shape index (κ1) is 20.8. The largest absolute Gasteiger partial charge is 0.503 e. The van der Waals surface area contributed by atoms with E-state index in [9.17, 15) is 32.7 Å². The first-order chi connectivity index (χ1) is 15.2. The van der Waals surface area contributed by atoms with Gasteiger partial charge in [0.2, 0.25) is 5.43 Å². The monoisotopic (exact) mass is 449 g/mol. The van der Waals surface area contributed by atoms with Crippen LogP contribution in [-0.4, -0.2) is 52.2 Å². The van der Waals surface area contributed by atoms with Gasteiger partial charge in [-0.25, -0.2) is 13.2 Å². The van der Waals surface area contributed by atoms with E-state index in [0.717, 1.165) is 19.3 Å². The maximum atomic E-state index is 14.0. The van der Waals surface area contributed by atoms with Crippen LogP contribution >= 0.6 is 0 Å². The molecule has 0 aromatic carbocycles. The molecule has 7 nitrogen and oxygen atoms in total. The van der Waals surface area contributed by atoms with Crippen LogP contribution in [0.4, 0.5) is 13.2 Å². The van der Waals surface area contributed by atoms with Crippen molar-refractivity contribution in [2.45, 2.75) is 31.5 Å². The molecule has 4 bridgehead atoms. The Hall–Kier alpha value is -3.04. The fourth-order valence-electron chi connectivity index (χ4n) is 5.49. The van der Waals surface area contributed by atoms with Crippen LogP contribution in [0.5, 0.6) is 5.75 Å². The molecule has 1 aromatic heterocycles. The quantitative estimate of drug-likeness (QED) is 0.742. The smallest absolute Gasteiger partial charge is 0.274 e. The van der Waals surface area contributed by atoms with Gasteiger partial charge in [-0.15, -0.1) is 0 Å². The van der Waals surface area contributed by atoms with Gasteiger partial charge in [-0.3, -0.25) is 14.4 Å². The van der Waals surface area contributed by atoms with E-state index in [2.05, 4.69) is 5.32 Å². The molecule has 2 amide bonds. The third-order valence-corrected chi connectivity index (χ3v) is 7.13. The van der Waals surface area contributed by atoms with Gasteiger partial charge in [-0.05, 0) is 37.2 Å². The summed E-state index contributed by atoms with van der Waals surface area (Å²) in [5, 5.41) is 12.9. The minimum atomic E-state index is -1.97. The molecule has 170 valence electrons. The average Bonchev–Trinajstić information content (AvgIpc) is 3.11. The fourth-order valence-corrected chi connectivity index (χ4v) is 5.49. The number of halogens is 3. The maximum Gasteiger partial charge on any atom is 0.274 e. The van der Waals surface area contributed by atoms with Crippen molar-refractivity contribution in [1.82, 2.24) is 14.8 Å². The lowest BCUT2D eigenvalue weighted by atomic mass is 9.94. The van der Waals surface area contributed by atoms with Crippen LogP contribution in [0.3, 0.4) is 0 Å². The summed E-state index contributed by atoms with van der Waals surface area (Å²) < 4.78 is 42.5. The molecule has 1 saturated heterocycles. The van der Waals surface area contributed by atoms with E-state index in [1.54, 1.807) is 4.90 Å². The summed E-state index contributed by atoms with van der Waals surface area (Å²) in [5.41, 5.74) is -1.56. The highest BCUT2D eigenvalue weighted by Gasteiger charge is 2.45. The number of rotatable bonds is 3. The van der Waals surface area contributed by atoms with Crippen molar-refractivity contribution in [2.75, 3.05) is 19.6 Å². The predicted octanol–water partition coefficient (Wildman–Crippen LogP) is 2.39. The topological polar surface area (TPSA) is 91.6 Å². The number of carbonyl (C=O) groups excluding carboxylic acids is 2. The number of aromatic nitrogens is 1. The van der Waals surface area contributed by atoms with E-state index >= 15 is 0 Å². The first-order valence-corrected chi connectivity index (χ1v) is 10.7. The zero-order chi connectivity index (χ0) is 22.7. The van der Waals surface area contributed by atoms with Gasteiger partial charge in [0.05, 0.1) is 12.0 Å². The zero-order valence-corrected chi connectivity index (χ0v) is 17.1. The standard InChI is InChI=1S/C22H22F3N3O4/c23-12-4-15(24)13(16(25)5-12)6-26-21(31)14-8-28-17-9-27(7-10-1-2-11(17)3-10)22(32)18(28)20(30)19(14)29/h4-5,8,10-11,13,15,17,30H,1-3,6-7,9H2,(H,26,31)/t10-,11+,13?,15?,17+/m1/s1. The molecule has 1 saturated carbocycles. The second-order valence-electron chi connectivity index (χ2n) is 9.03. The van der Waals surface area contributed by atoms with Crippen LogP contribution in [0.2, 0.25) is 0 Å². The number of aromatic hydroxyl groups is 1. The second-order valence-corrected chi connectivity index (χ2v) is 9.03. The molecule has 1 aromatic rings. The predicted molar refractivity (Wildman–Crippen MR) is 107 cm³/mol. The van der Waals surface area contributed by atoms with E-state index in [0.29, 0.717) is 31.2 Å². The molecule has 2 aliphatic carbocycles. The highest BCUT2D eigenvalue weighted by atomic mass is 19.2. The van der Waals surface area contributed by atoms with Crippen LogP contribution in [-0.2, 0) is 0 Å². The van der Waals surface area contributed by atoms with Crippen molar-refractivity contribution in [3.05, 3.63) is 51.5 Å². The van der Waals surface area contributed by atoms with E-state index in [-0.39, 0.29) is 17.7 Å². The van der Waals surface area contributed by atoms with Crippen molar-refractivity contribution in [3.8, 4) is 5.75 Å². The zero-order valence-electron chi connectivity index (χ0n) is 17.1. The number of hydrogen-bond acceptors (Lipinski definition) is 4. The molecule has 5 atom stereocenters. The van der Waals surface area contributed by atoms with Gasteiger partial charge in [0.1, 0.15) is 23.4 Å². The number of alkyl halides is 1. The number of fused-ring (bicyclic) bond motifs is 7. The highest BCUT2D eigenvalue weighted by molar-refractivity contribution is 5.99. The number of pyridine rings is 1. The van der Waals surface area contributed by atoms with Crippen molar-refractivity contribution >= 4 is 11.8 Å². The van der Waals surface area contributed by atoms with Crippen LogP contribution in [0.1, 0.15) is 46.2 Å². The van der Waals surface area contributed by atoms with Gasteiger partial charge in [-0.1, -0.05) is 0 Å². The second kappa shape index (κ2) is 7.53. The van der Waals surface area contributed by atoms with Crippen molar-refractivity contribution in [1.29, 1.82) is 0 Å². The Kier molecular flexibility index (Phi) is 4.90. The molecule has 3 heterocycles. The lowest BCUT2D eigenvalue weighted by Gasteiger charge is -2.38. The lowest BCUT2D eigenvalue weighted by Crippen LogP contribution is -2.47. The summed E-state index contributed by atoms with van der Waals surface area (Å²) >= 11 is 0. The molecule has 2 fully saturated rings. The molecule has 4 aliphatic rings. The average molecular weight is 449 g/mol. The number of nitrogens with zero attached hydrogens (tertiary/aromatic N) is 2. The van der Waals surface area contributed by atoms with Gasteiger partial charge >= 0.3 is 0 Å². The number of nitrogens with one attached hydrogen (secondary N) is 1. The summed E-state index contributed by atoms with van der Waals surface area (Å²) in [5.74, 6) is -5.04. The van der Waals surface area contributed by atoms with Crippen molar-refractivity contribution in [2.24, 2.45) is 17.8 Å². The molecule has 10 heteroatoms. The lowest BCUT2D eigenvalue weighted by molar-refractivity contribution is 0.0623. The van der Waals surface area contributed by atoms with Crippen LogP contribution < -0.4 is 10.7 Å². The van der Waals surface area contributed by atoms with Crippen LogP contribution in [0.15, 0.2) is 34.8 Å². The first-order valence-electron chi connectivity index (χ1n) is 10.7. The summed E-state index contributed by atoms with van der Waals surface area (Å²) in [6.45, 7) is 0.520. The third-order valence-electron chi connectivity index (χ3n) is 7.13. The van der Waals surface area contributed by atoms with Crippen LogP contribution in [0.25, 0.3) is 0 Å². The molecular formula is C22H22F3N3O4. The molecule has 5 rings (SSSR count). The Morgan fingerprint density at radius 2 is 2.00 bits per heavy atom. The molecule has 2 N–H and O–H groups in total. The molecule has 2 unspecified atom stereocenters. The molecule has 32 heavy (non-hydrogen) atoms. The Morgan fingerprint density at radius 3 is 2.75 bits per heavy atom. The summed E-state index contributed by atoms with van der Waals surface area (Å²) in [4.78, 5) is 40.0. The Morgan fingerprint density at radius 1 is 1.22 bits per heavy atom. The molecule has 0 spiro atoms. The van der Waals surface area contributed by atoms with Gasteiger partial charge in [0.25, 0.3) is 11.8 Å². The fraction of sp³-hybridized carbons (Fsp3) is 0.500. The normalized spacial score (nSPS) is 30.9. The molecule has 2 aliphatic heterocycles. The SMILES string of the molecule is O=C(NCC1C(F)=CC(F)=CC1F)c1cn2c(c(O)c1=O)C(=O)N1C[C@@H]3CC[C@@H](C3)[C@@H]2C1. The van der Waals surface area contributed by atoms with Crippen molar-refractivity contribution < 1.29 is 27.9 Å². The molecular weight excluding hydrogens is 427 g/mol. The van der Waals surface area contributed by atoms with Crippen LogP contribution in [0, 0.1) is 17.8 Å².